The Hall–Kier alpha value is -1.59. The first-order valence-corrected chi connectivity index (χ1v) is 5.92. The van der Waals surface area contributed by atoms with E-state index in [1.807, 2.05) is 31.3 Å². The van der Waals surface area contributed by atoms with Crippen LogP contribution < -0.4 is 0 Å². The highest BCUT2D eigenvalue weighted by atomic mass is 35.5. The van der Waals surface area contributed by atoms with E-state index in [9.17, 15) is 0 Å². The van der Waals surface area contributed by atoms with Crippen LogP contribution in [-0.2, 0) is 0 Å². The summed E-state index contributed by atoms with van der Waals surface area (Å²) in [5, 5.41) is 12.5. The van der Waals surface area contributed by atoms with Gasteiger partial charge in [0.1, 0.15) is 0 Å². The van der Waals surface area contributed by atoms with Crippen LogP contribution in [0.25, 0.3) is 11.8 Å². The fourth-order valence-electron chi connectivity index (χ4n) is 1.31. The van der Waals surface area contributed by atoms with E-state index in [1.54, 1.807) is 22.9 Å². The Morgan fingerprint density at radius 2 is 2.00 bits per heavy atom. The molecule has 18 heavy (non-hydrogen) atoms. The van der Waals surface area contributed by atoms with Crippen LogP contribution in [0.4, 0.5) is 0 Å². The molecular formula is C11H11Cl2N5. The second-order valence-electron chi connectivity index (χ2n) is 3.83. The van der Waals surface area contributed by atoms with Crippen molar-refractivity contribution in [3.63, 3.8) is 0 Å². The summed E-state index contributed by atoms with van der Waals surface area (Å²) >= 11 is 11.8. The van der Waals surface area contributed by atoms with E-state index < -0.39 is 0 Å². The summed E-state index contributed by atoms with van der Waals surface area (Å²) in [5.41, 5.74) is 0.757. The maximum Gasteiger partial charge on any atom is 0.181 e. The number of hydrogen-bond acceptors (Lipinski definition) is 4. The third kappa shape index (κ3) is 2.80. The topological polar surface area (TPSA) is 46.8 Å². The SMILES string of the molecule is CN(C)/C=C/c1nnnn1-c1ccc(Cl)c(Cl)c1. The molecule has 0 aliphatic rings. The van der Waals surface area contributed by atoms with Gasteiger partial charge in [-0.2, -0.15) is 4.68 Å². The predicted octanol–water partition coefficient (Wildman–Crippen LogP) is 2.50. The minimum absolute atomic E-state index is 0.465. The van der Waals surface area contributed by atoms with Gasteiger partial charge in [-0.25, -0.2) is 0 Å². The van der Waals surface area contributed by atoms with E-state index in [0.29, 0.717) is 15.9 Å². The van der Waals surface area contributed by atoms with Gasteiger partial charge in [0.2, 0.25) is 0 Å². The monoisotopic (exact) mass is 283 g/mol. The summed E-state index contributed by atoms with van der Waals surface area (Å²) in [7, 11) is 3.84. The number of hydrogen-bond donors (Lipinski definition) is 0. The molecule has 0 fully saturated rings. The zero-order chi connectivity index (χ0) is 13.1. The Kier molecular flexibility index (Phi) is 3.84. The second kappa shape index (κ2) is 5.37. The summed E-state index contributed by atoms with van der Waals surface area (Å²) in [6.07, 6.45) is 3.67. The Morgan fingerprint density at radius 1 is 1.22 bits per heavy atom. The van der Waals surface area contributed by atoms with E-state index in [2.05, 4.69) is 15.5 Å². The number of rotatable bonds is 3. The first-order chi connectivity index (χ1) is 8.58. The van der Waals surface area contributed by atoms with Crippen LogP contribution in [0.5, 0.6) is 0 Å². The first kappa shape index (κ1) is 12.9. The molecule has 2 rings (SSSR count). The van der Waals surface area contributed by atoms with Crippen LogP contribution >= 0.6 is 23.2 Å². The molecule has 0 N–H and O–H groups in total. The van der Waals surface area contributed by atoms with Crippen molar-refractivity contribution in [2.24, 2.45) is 0 Å². The largest absolute Gasteiger partial charge is 0.383 e. The Bertz CT molecular complexity index is 577. The number of benzene rings is 1. The van der Waals surface area contributed by atoms with E-state index in [0.717, 1.165) is 5.69 Å². The van der Waals surface area contributed by atoms with Crippen LogP contribution in [0.3, 0.4) is 0 Å². The molecule has 0 saturated carbocycles. The van der Waals surface area contributed by atoms with Gasteiger partial charge in [-0.1, -0.05) is 23.2 Å². The van der Waals surface area contributed by atoms with Crippen molar-refractivity contribution in [2.75, 3.05) is 14.1 Å². The molecule has 0 bridgehead atoms. The fourth-order valence-corrected chi connectivity index (χ4v) is 1.61. The van der Waals surface area contributed by atoms with Gasteiger partial charge in [-0.3, -0.25) is 0 Å². The summed E-state index contributed by atoms with van der Waals surface area (Å²) < 4.78 is 1.59. The summed E-state index contributed by atoms with van der Waals surface area (Å²) in [5.74, 6) is 0.613. The third-order valence-corrected chi connectivity index (χ3v) is 2.90. The highest BCUT2D eigenvalue weighted by Gasteiger charge is 2.07. The molecule has 0 atom stereocenters. The minimum atomic E-state index is 0.465. The van der Waals surface area contributed by atoms with Crippen molar-refractivity contribution < 1.29 is 0 Å². The molecule has 0 unspecified atom stereocenters. The maximum absolute atomic E-state index is 5.97. The molecule has 0 radical (unpaired) electrons. The number of tetrazole rings is 1. The van der Waals surface area contributed by atoms with Crippen molar-refractivity contribution in [1.82, 2.24) is 25.1 Å². The molecule has 1 aromatic heterocycles. The predicted molar refractivity (Wildman–Crippen MR) is 71.9 cm³/mol. The second-order valence-corrected chi connectivity index (χ2v) is 4.64. The van der Waals surface area contributed by atoms with Gasteiger partial charge in [0, 0.05) is 26.4 Å². The smallest absolute Gasteiger partial charge is 0.181 e. The van der Waals surface area contributed by atoms with E-state index in [4.69, 9.17) is 23.2 Å². The molecule has 0 aliphatic heterocycles. The van der Waals surface area contributed by atoms with Crippen LogP contribution in [0.2, 0.25) is 10.0 Å². The average Bonchev–Trinajstić information content (AvgIpc) is 2.78. The lowest BCUT2D eigenvalue weighted by atomic mass is 10.3. The third-order valence-electron chi connectivity index (χ3n) is 2.16. The highest BCUT2D eigenvalue weighted by Crippen LogP contribution is 2.24. The van der Waals surface area contributed by atoms with Crippen LogP contribution in [-0.4, -0.2) is 39.2 Å². The molecule has 94 valence electrons. The lowest BCUT2D eigenvalue weighted by Crippen LogP contribution is -2.03. The molecular weight excluding hydrogens is 273 g/mol. The normalized spacial score (nSPS) is 11.1. The Balaban J connectivity index is 2.39. The molecule has 0 amide bonds. The van der Waals surface area contributed by atoms with Crippen LogP contribution in [0.15, 0.2) is 24.4 Å². The lowest BCUT2D eigenvalue weighted by Gasteiger charge is -2.05. The van der Waals surface area contributed by atoms with E-state index in [-0.39, 0.29) is 0 Å². The Morgan fingerprint density at radius 3 is 2.67 bits per heavy atom. The van der Waals surface area contributed by atoms with Gasteiger partial charge in [0.15, 0.2) is 5.82 Å². The molecule has 0 saturated heterocycles. The van der Waals surface area contributed by atoms with Gasteiger partial charge in [-0.05, 0) is 28.6 Å². The van der Waals surface area contributed by atoms with Gasteiger partial charge < -0.3 is 4.90 Å². The minimum Gasteiger partial charge on any atom is -0.383 e. The zero-order valence-corrected chi connectivity index (χ0v) is 11.4. The van der Waals surface area contributed by atoms with Gasteiger partial charge in [0.05, 0.1) is 15.7 Å². The Labute approximate surface area is 115 Å². The molecule has 0 spiro atoms. The molecule has 5 nitrogen and oxygen atoms in total. The number of halogens is 2. The number of aromatic nitrogens is 4. The average molecular weight is 284 g/mol. The van der Waals surface area contributed by atoms with E-state index >= 15 is 0 Å². The van der Waals surface area contributed by atoms with Crippen LogP contribution in [0, 0.1) is 0 Å². The van der Waals surface area contributed by atoms with Crippen LogP contribution in [0.1, 0.15) is 5.82 Å². The maximum atomic E-state index is 5.97. The molecule has 2 aromatic rings. The zero-order valence-electron chi connectivity index (χ0n) is 9.88. The molecule has 7 heteroatoms. The summed E-state index contributed by atoms with van der Waals surface area (Å²) in [6, 6.07) is 5.23. The van der Waals surface area contributed by atoms with E-state index in [1.165, 1.54) is 0 Å². The van der Waals surface area contributed by atoms with Gasteiger partial charge in [0.25, 0.3) is 0 Å². The summed E-state index contributed by atoms with van der Waals surface area (Å²) in [4.78, 5) is 1.90. The molecule has 1 heterocycles. The standard InChI is InChI=1S/C11H11Cl2N5/c1-17(2)6-5-11-14-15-16-18(11)8-3-4-9(12)10(13)7-8/h3-7H,1-2H3/b6-5+. The summed E-state index contributed by atoms with van der Waals surface area (Å²) in [6.45, 7) is 0. The van der Waals surface area contributed by atoms with Crippen molar-refractivity contribution in [3.8, 4) is 5.69 Å². The number of nitrogens with zero attached hydrogens (tertiary/aromatic N) is 5. The molecule has 1 aromatic carbocycles. The van der Waals surface area contributed by atoms with Crippen molar-refractivity contribution in [3.05, 3.63) is 40.3 Å². The highest BCUT2D eigenvalue weighted by molar-refractivity contribution is 6.42. The molecule has 0 aliphatic carbocycles. The first-order valence-electron chi connectivity index (χ1n) is 5.16. The van der Waals surface area contributed by atoms with Crippen molar-refractivity contribution in [1.29, 1.82) is 0 Å². The van der Waals surface area contributed by atoms with Gasteiger partial charge in [-0.15, -0.1) is 5.10 Å². The van der Waals surface area contributed by atoms with Gasteiger partial charge >= 0.3 is 0 Å². The van der Waals surface area contributed by atoms with Crippen molar-refractivity contribution >= 4 is 29.3 Å². The lowest BCUT2D eigenvalue weighted by molar-refractivity contribution is 0.567. The fraction of sp³-hybridized carbons (Fsp3) is 0.182. The van der Waals surface area contributed by atoms with Crippen molar-refractivity contribution in [2.45, 2.75) is 0 Å². The quantitative estimate of drug-likeness (QED) is 0.868.